The molecule has 1 aliphatic rings. The van der Waals surface area contributed by atoms with E-state index in [2.05, 4.69) is 23.6 Å². The van der Waals surface area contributed by atoms with Crippen LogP contribution in [0.15, 0.2) is 53.9 Å². The largest absolute Gasteiger partial charge is 0.372 e. The van der Waals surface area contributed by atoms with E-state index < -0.39 is 0 Å². The van der Waals surface area contributed by atoms with E-state index in [1.54, 1.807) is 11.8 Å². The summed E-state index contributed by atoms with van der Waals surface area (Å²) in [5.74, 6) is 0.962. The Balaban J connectivity index is 1.70. The number of rotatable bonds is 4. The molecule has 2 aromatic rings. The molecule has 0 radical (unpaired) electrons. The normalized spacial score (nSPS) is 13.2. The summed E-state index contributed by atoms with van der Waals surface area (Å²) < 4.78 is 5.83. The summed E-state index contributed by atoms with van der Waals surface area (Å²) in [5.41, 5.74) is 5.47. The highest BCUT2D eigenvalue weighted by Gasteiger charge is 2.13. The lowest BCUT2D eigenvalue weighted by Crippen LogP contribution is -2.04. The van der Waals surface area contributed by atoms with Crippen LogP contribution in [0, 0.1) is 11.3 Å². The van der Waals surface area contributed by atoms with Crippen LogP contribution in [0.1, 0.15) is 22.3 Å². The Morgan fingerprint density at radius 3 is 2.76 bits per heavy atom. The van der Waals surface area contributed by atoms with Crippen molar-refractivity contribution >= 4 is 17.3 Å². The highest BCUT2D eigenvalue weighted by atomic mass is 32.2. The maximum Gasteiger partial charge on any atom is 0.0991 e. The highest BCUT2D eigenvalue weighted by molar-refractivity contribution is 8.01. The molecular weight excluding hydrogens is 278 g/mol. The number of benzene rings is 2. The molecule has 2 aromatic carbocycles. The van der Waals surface area contributed by atoms with Crippen LogP contribution in [0.4, 0.5) is 0 Å². The molecule has 0 aromatic heterocycles. The van der Waals surface area contributed by atoms with Crippen molar-refractivity contribution in [2.24, 2.45) is 0 Å². The molecule has 0 saturated carbocycles. The van der Waals surface area contributed by atoms with E-state index in [0.29, 0.717) is 18.8 Å². The second-order valence-electron chi connectivity index (χ2n) is 4.92. The molecule has 104 valence electrons. The third kappa shape index (κ3) is 3.36. The summed E-state index contributed by atoms with van der Waals surface area (Å²) in [5, 5.41) is 11.2. The maximum atomic E-state index is 9.04. The van der Waals surface area contributed by atoms with Gasteiger partial charge < -0.3 is 4.74 Å². The Kier molecular flexibility index (Phi) is 4.40. The zero-order valence-corrected chi connectivity index (χ0v) is 12.4. The molecule has 1 heterocycles. The molecule has 0 N–H and O–H groups in total. The van der Waals surface area contributed by atoms with Gasteiger partial charge in [0.15, 0.2) is 0 Å². The lowest BCUT2D eigenvalue weighted by molar-refractivity contribution is 0.153. The number of fused-ring (bicyclic) bond motifs is 1. The van der Waals surface area contributed by atoms with Gasteiger partial charge >= 0.3 is 0 Å². The monoisotopic (exact) mass is 293 g/mol. The van der Waals surface area contributed by atoms with Crippen molar-refractivity contribution < 1.29 is 4.74 Å². The van der Waals surface area contributed by atoms with Crippen LogP contribution >= 0.6 is 11.8 Å². The first-order chi connectivity index (χ1) is 10.4. The highest BCUT2D eigenvalue weighted by Crippen LogP contribution is 2.32. The standard InChI is InChI=1S/C18H15NOS/c19-9-15-6-7-16-12-21-13-17(18(16)8-15)11-20-10-14-4-2-1-3-5-14/h1-8,13H,10-12H2. The van der Waals surface area contributed by atoms with Crippen LogP contribution in [0.2, 0.25) is 0 Å². The molecule has 0 spiro atoms. The van der Waals surface area contributed by atoms with E-state index >= 15 is 0 Å². The summed E-state index contributed by atoms with van der Waals surface area (Å²) in [7, 11) is 0. The molecule has 0 saturated heterocycles. The van der Waals surface area contributed by atoms with Crippen LogP contribution in [0.3, 0.4) is 0 Å². The molecule has 0 bridgehead atoms. The van der Waals surface area contributed by atoms with E-state index in [1.165, 1.54) is 11.1 Å². The van der Waals surface area contributed by atoms with Gasteiger partial charge in [0.25, 0.3) is 0 Å². The van der Waals surface area contributed by atoms with Crippen LogP contribution in [-0.2, 0) is 17.1 Å². The van der Waals surface area contributed by atoms with Gasteiger partial charge in [-0.15, -0.1) is 11.8 Å². The van der Waals surface area contributed by atoms with Crippen molar-refractivity contribution in [3.63, 3.8) is 0 Å². The predicted octanol–water partition coefficient (Wildman–Crippen LogP) is 4.36. The lowest BCUT2D eigenvalue weighted by atomic mass is 9.99. The molecule has 0 atom stereocenters. The first kappa shape index (κ1) is 13.9. The minimum absolute atomic E-state index is 0.573. The van der Waals surface area contributed by atoms with Crippen molar-refractivity contribution in [1.82, 2.24) is 0 Å². The average molecular weight is 293 g/mol. The van der Waals surface area contributed by atoms with Gasteiger partial charge in [-0.2, -0.15) is 5.26 Å². The molecule has 2 nitrogen and oxygen atoms in total. The van der Waals surface area contributed by atoms with E-state index in [0.717, 1.165) is 16.9 Å². The van der Waals surface area contributed by atoms with Crippen molar-refractivity contribution in [3.8, 4) is 6.07 Å². The molecule has 0 amide bonds. The third-order valence-corrected chi connectivity index (χ3v) is 4.35. The summed E-state index contributed by atoms with van der Waals surface area (Å²) in [6.45, 7) is 1.18. The zero-order valence-electron chi connectivity index (χ0n) is 11.6. The number of thioether (sulfide) groups is 1. The fourth-order valence-corrected chi connectivity index (χ4v) is 3.24. The molecule has 1 aliphatic heterocycles. The molecule has 0 unspecified atom stereocenters. The zero-order chi connectivity index (χ0) is 14.5. The SMILES string of the molecule is N#Cc1ccc2c(c1)C(COCc1ccccc1)=CSC2. The summed E-state index contributed by atoms with van der Waals surface area (Å²) in [6, 6.07) is 18.3. The Morgan fingerprint density at radius 2 is 1.95 bits per heavy atom. The van der Waals surface area contributed by atoms with Crippen LogP contribution in [0.25, 0.3) is 5.57 Å². The molecular formula is C18H15NOS. The van der Waals surface area contributed by atoms with E-state index in [4.69, 9.17) is 10.00 Å². The smallest absolute Gasteiger partial charge is 0.0991 e. The van der Waals surface area contributed by atoms with Gasteiger partial charge in [-0.1, -0.05) is 36.4 Å². The summed E-state index contributed by atoms with van der Waals surface area (Å²) >= 11 is 1.78. The summed E-state index contributed by atoms with van der Waals surface area (Å²) in [6.07, 6.45) is 0. The van der Waals surface area contributed by atoms with Crippen LogP contribution < -0.4 is 0 Å². The Bertz CT molecular complexity index is 701. The van der Waals surface area contributed by atoms with Gasteiger partial charge in [0.05, 0.1) is 24.8 Å². The minimum Gasteiger partial charge on any atom is -0.372 e. The fourth-order valence-electron chi connectivity index (χ4n) is 2.33. The van der Waals surface area contributed by atoms with Gasteiger partial charge in [-0.05, 0) is 39.8 Å². The van der Waals surface area contributed by atoms with Gasteiger partial charge in [0, 0.05) is 5.75 Å². The first-order valence-electron chi connectivity index (χ1n) is 6.82. The predicted molar refractivity (Wildman–Crippen MR) is 86.5 cm³/mol. The summed E-state index contributed by atoms with van der Waals surface area (Å²) in [4.78, 5) is 0. The van der Waals surface area contributed by atoms with Crippen molar-refractivity contribution in [1.29, 1.82) is 5.26 Å². The van der Waals surface area contributed by atoms with E-state index in [1.807, 2.05) is 36.4 Å². The van der Waals surface area contributed by atoms with Gasteiger partial charge in [-0.3, -0.25) is 0 Å². The van der Waals surface area contributed by atoms with Crippen LogP contribution in [-0.4, -0.2) is 6.61 Å². The second-order valence-corrected chi connectivity index (χ2v) is 5.77. The minimum atomic E-state index is 0.573. The number of hydrogen-bond donors (Lipinski definition) is 0. The molecule has 21 heavy (non-hydrogen) atoms. The van der Waals surface area contributed by atoms with E-state index in [9.17, 15) is 0 Å². The topological polar surface area (TPSA) is 33.0 Å². The molecule has 0 fully saturated rings. The first-order valence-corrected chi connectivity index (χ1v) is 7.87. The van der Waals surface area contributed by atoms with E-state index in [-0.39, 0.29) is 0 Å². The average Bonchev–Trinajstić information content (AvgIpc) is 2.55. The van der Waals surface area contributed by atoms with Gasteiger partial charge in [0.1, 0.15) is 0 Å². The van der Waals surface area contributed by atoms with Crippen molar-refractivity contribution in [3.05, 3.63) is 76.2 Å². The second kappa shape index (κ2) is 6.62. The number of ether oxygens (including phenoxy) is 1. The number of nitrogens with zero attached hydrogens (tertiary/aromatic N) is 1. The van der Waals surface area contributed by atoms with Gasteiger partial charge in [-0.25, -0.2) is 0 Å². The fraction of sp³-hybridized carbons (Fsp3) is 0.167. The van der Waals surface area contributed by atoms with Crippen LogP contribution in [0.5, 0.6) is 0 Å². The lowest BCUT2D eigenvalue weighted by Gasteiger charge is -2.18. The molecule has 3 rings (SSSR count). The van der Waals surface area contributed by atoms with Crippen molar-refractivity contribution in [2.75, 3.05) is 6.61 Å². The Labute approximate surface area is 129 Å². The number of hydrogen-bond acceptors (Lipinski definition) is 3. The number of nitriles is 1. The molecule has 3 heteroatoms. The quantitative estimate of drug-likeness (QED) is 0.839. The Hall–Kier alpha value is -2.02. The maximum absolute atomic E-state index is 9.04. The van der Waals surface area contributed by atoms with Gasteiger partial charge in [0.2, 0.25) is 0 Å². The Morgan fingerprint density at radius 1 is 1.10 bits per heavy atom. The molecule has 0 aliphatic carbocycles. The van der Waals surface area contributed by atoms with Crippen molar-refractivity contribution in [2.45, 2.75) is 12.4 Å². The third-order valence-electron chi connectivity index (χ3n) is 3.42.